The monoisotopic (exact) mass is 212 g/mol. The number of hydrogen-bond donors (Lipinski definition) is 1. The molecule has 1 aromatic carbocycles. The van der Waals surface area contributed by atoms with Crippen molar-refractivity contribution in [1.82, 2.24) is 4.98 Å². The summed E-state index contributed by atoms with van der Waals surface area (Å²) < 4.78 is 0. The number of aliphatic imine (C=N–C) groups is 1. The first-order valence-corrected chi connectivity index (χ1v) is 5.04. The Morgan fingerprint density at radius 3 is 2.56 bits per heavy atom. The van der Waals surface area contributed by atoms with E-state index in [-0.39, 0.29) is 5.78 Å². The van der Waals surface area contributed by atoms with E-state index in [1.807, 2.05) is 30.5 Å². The third-order valence-electron chi connectivity index (χ3n) is 2.25. The van der Waals surface area contributed by atoms with E-state index in [1.165, 1.54) is 0 Å². The van der Waals surface area contributed by atoms with Crippen molar-refractivity contribution in [3.63, 3.8) is 0 Å². The lowest BCUT2D eigenvalue weighted by Gasteiger charge is -1.96. The van der Waals surface area contributed by atoms with Crippen LogP contribution in [0.5, 0.6) is 0 Å². The van der Waals surface area contributed by atoms with Gasteiger partial charge in [0.05, 0.1) is 17.6 Å². The fourth-order valence-corrected chi connectivity index (χ4v) is 1.35. The van der Waals surface area contributed by atoms with Gasteiger partial charge in [0, 0.05) is 11.8 Å². The van der Waals surface area contributed by atoms with Crippen LogP contribution in [0, 0.1) is 0 Å². The van der Waals surface area contributed by atoms with Crippen LogP contribution in [0.4, 0.5) is 5.69 Å². The number of Topliss-reactive ketones (excluding diaryl/α,β-unsaturated/α-hetero) is 1. The van der Waals surface area contributed by atoms with E-state index < -0.39 is 0 Å². The van der Waals surface area contributed by atoms with E-state index in [4.69, 9.17) is 0 Å². The molecule has 1 aromatic heterocycles. The molecule has 3 nitrogen and oxygen atoms in total. The number of carbonyl (C=O) groups is 1. The number of ketones is 1. The van der Waals surface area contributed by atoms with E-state index >= 15 is 0 Å². The summed E-state index contributed by atoms with van der Waals surface area (Å²) in [5, 5.41) is 0. The molecule has 0 aliphatic carbocycles. The zero-order chi connectivity index (χ0) is 11.4. The van der Waals surface area contributed by atoms with Crippen molar-refractivity contribution >= 4 is 17.7 Å². The van der Waals surface area contributed by atoms with Gasteiger partial charge >= 0.3 is 0 Å². The van der Waals surface area contributed by atoms with E-state index in [0.29, 0.717) is 5.56 Å². The molecule has 0 fully saturated rings. The lowest BCUT2D eigenvalue weighted by atomic mass is 10.1. The summed E-state index contributed by atoms with van der Waals surface area (Å²) in [5.41, 5.74) is 2.49. The van der Waals surface area contributed by atoms with Crippen LogP contribution in [0.3, 0.4) is 0 Å². The molecule has 0 aliphatic rings. The van der Waals surface area contributed by atoms with Gasteiger partial charge in [0.25, 0.3) is 0 Å². The Morgan fingerprint density at radius 2 is 2.00 bits per heavy atom. The van der Waals surface area contributed by atoms with Gasteiger partial charge in [-0.2, -0.15) is 0 Å². The molecule has 2 rings (SSSR count). The summed E-state index contributed by atoms with van der Waals surface area (Å²) in [6.45, 7) is 1.55. The van der Waals surface area contributed by atoms with Crippen LogP contribution >= 0.6 is 0 Å². The highest BCUT2D eigenvalue weighted by Crippen LogP contribution is 2.13. The van der Waals surface area contributed by atoms with Gasteiger partial charge in [0.15, 0.2) is 5.78 Å². The third kappa shape index (κ3) is 2.45. The Hall–Kier alpha value is -2.16. The first kappa shape index (κ1) is 10.4. The Balaban J connectivity index is 2.14. The Labute approximate surface area is 93.8 Å². The van der Waals surface area contributed by atoms with Crippen molar-refractivity contribution in [3.8, 4) is 0 Å². The number of nitrogens with one attached hydrogen (secondary N) is 1. The quantitative estimate of drug-likeness (QED) is 0.617. The summed E-state index contributed by atoms with van der Waals surface area (Å²) in [4.78, 5) is 18.4. The molecular formula is C13H12N2O. The lowest BCUT2D eigenvalue weighted by molar-refractivity contribution is 0.101. The molecule has 3 heteroatoms. The van der Waals surface area contributed by atoms with Crippen LogP contribution in [0.1, 0.15) is 23.0 Å². The molecule has 0 saturated carbocycles. The predicted molar refractivity (Wildman–Crippen MR) is 64.5 cm³/mol. The summed E-state index contributed by atoms with van der Waals surface area (Å²) in [5.74, 6) is 0.0693. The van der Waals surface area contributed by atoms with Crippen LogP contribution < -0.4 is 0 Å². The van der Waals surface area contributed by atoms with Gasteiger partial charge in [-0.15, -0.1) is 0 Å². The molecule has 0 bridgehead atoms. The number of aromatic amines is 1. The van der Waals surface area contributed by atoms with Gasteiger partial charge in [0.2, 0.25) is 0 Å². The zero-order valence-corrected chi connectivity index (χ0v) is 8.97. The summed E-state index contributed by atoms with van der Waals surface area (Å²) >= 11 is 0. The predicted octanol–water partition coefficient (Wildman–Crippen LogP) is 2.97. The van der Waals surface area contributed by atoms with Gasteiger partial charge in [0.1, 0.15) is 0 Å². The van der Waals surface area contributed by atoms with Gasteiger partial charge in [-0.1, -0.05) is 0 Å². The van der Waals surface area contributed by atoms with Crippen LogP contribution in [0.15, 0.2) is 47.6 Å². The van der Waals surface area contributed by atoms with Crippen LogP contribution in [0.25, 0.3) is 0 Å². The maximum absolute atomic E-state index is 11.1. The highest BCUT2D eigenvalue weighted by Gasteiger charge is 1.97. The van der Waals surface area contributed by atoms with Crippen LogP contribution in [-0.2, 0) is 0 Å². The van der Waals surface area contributed by atoms with Gasteiger partial charge in [-0.25, -0.2) is 0 Å². The molecule has 1 heterocycles. The smallest absolute Gasteiger partial charge is 0.159 e. The molecule has 80 valence electrons. The molecular weight excluding hydrogens is 200 g/mol. The second kappa shape index (κ2) is 4.57. The number of nitrogens with zero attached hydrogens (tertiary/aromatic N) is 1. The van der Waals surface area contributed by atoms with E-state index in [9.17, 15) is 4.79 Å². The standard InChI is InChI=1S/C13H12N2O/c1-10(16)11-4-6-12(7-5-11)15-9-13-3-2-8-14-13/h2-9,14H,1H3. The minimum Gasteiger partial charge on any atom is -0.360 e. The average molecular weight is 212 g/mol. The fraction of sp³-hybridized carbons (Fsp3) is 0.0769. The topological polar surface area (TPSA) is 45.2 Å². The third-order valence-corrected chi connectivity index (χ3v) is 2.25. The maximum atomic E-state index is 11.1. The second-order valence-electron chi connectivity index (χ2n) is 3.49. The summed E-state index contributed by atoms with van der Waals surface area (Å²) in [6.07, 6.45) is 3.60. The minimum absolute atomic E-state index is 0.0693. The normalized spacial score (nSPS) is 10.8. The molecule has 0 unspecified atom stereocenters. The van der Waals surface area contributed by atoms with E-state index in [2.05, 4.69) is 9.98 Å². The average Bonchev–Trinajstić information content (AvgIpc) is 2.80. The van der Waals surface area contributed by atoms with Crippen LogP contribution in [0.2, 0.25) is 0 Å². The first-order valence-electron chi connectivity index (χ1n) is 5.04. The number of carbonyl (C=O) groups excluding carboxylic acids is 1. The van der Waals surface area contributed by atoms with E-state index in [0.717, 1.165) is 11.4 Å². The fourth-order valence-electron chi connectivity index (χ4n) is 1.35. The SMILES string of the molecule is CC(=O)c1ccc(N=Cc2ccc[nH]2)cc1. The lowest BCUT2D eigenvalue weighted by Crippen LogP contribution is -1.89. The molecule has 1 N–H and O–H groups in total. The zero-order valence-electron chi connectivity index (χ0n) is 8.97. The molecule has 0 atom stereocenters. The molecule has 0 saturated heterocycles. The van der Waals surface area contributed by atoms with Crippen molar-refractivity contribution in [1.29, 1.82) is 0 Å². The van der Waals surface area contributed by atoms with E-state index in [1.54, 1.807) is 25.3 Å². The van der Waals surface area contributed by atoms with Crippen molar-refractivity contribution in [2.24, 2.45) is 4.99 Å². The molecule has 0 radical (unpaired) electrons. The molecule has 2 aromatic rings. The maximum Gasteiger partial charge on any atom is 0.159 e. The number of aromatic nitrogens is 1. The minimum atomic E-state index is 0.0693. The molecule has 16 heavy (non-hydrogen) atoms. The molecule has 0 aliphatic heterocycles. The van der Waals surface area contributed by atoms with Crippen molar-refractivity contribution in [3.05, 3.63) is 53.9 Å². The Bertz CT molecular complexity index is 495. The second-order valence-corrected chi connectivity index (χ2v) is 3.49. The van der Waals surface area contributed by atoms with Gasteiger partial charge in [-0.05, 0) is 43.3 Å². The molecule has 0 amide bonds. The van der Waals surface area contributed by atoms with Crippen LogP contribution in [-0.4, -0.2) is 17.0 Å². The Kier molecular flexibility index (Phi) is 2.96. The summed E-state index contributed by atoms with van der Waals surface area (Å²) in [7, 11) is 0. The first-order chi connectivity index (χ1) is 7.75. The number of hydrogen-bond acceptors (Lipinski definition) is 2. The number of H-pyrrole nitrogens is 1. The number of benzene rings is 1. The van der Waals surface area contributed by atoms with Crippen molar-refractivity contribution in [2.45, 2.75) is 6.92 Å². The highest BCUT2D eigenvalue weighted by atomic mass is 16.1. The molecule has 0 spiro atoms. The van der Waals surface area contributed by atoms with Gasteiger partial charge in [-0.3, -0.25) is 9.79 Å². The summed E-state index contributed by atoms with van der Waals surface area (Å²) in [6, 6.07) is 11.1. The Morgan fingerprint density at radius 1 is 1.25 bits per heavy atom. The number of rotatable bonds is 3. The largest absolute Gasteiger partial charge is 0.360 e. The highest BCUT2D eigenvalue weighted by molar-refractivity contribution is 5.94. The van der Waals surface area contributed by atoms with Crippen molar-refractivity contribution in [2.75, 3.05) is 0 Å². The van der Waals surface area contributed by atoms with Gasteiger partial charge < -0.3 is 4.98 Å². The van der Waals surface area contributed by atoms with Crippen molar-refractivity contribution < 1.29 is 4.79 Å².